The van der Waals surface area contributed by atoms with E-state index in [1.807, 2.05) is 6.08 Å². The third-order valence-corrected chi connectivity index (χ3v) is 5.93. The van der Waals surface area contributed by atoms with E-state index < -0.39 is 0 Å². The molecule has 1 aliphatic carbocycles. The van der Waals surface area contributed by atoms with Crippen LogP contribution in [0.5, 0.6) is 0 Å². The van der Waals surface area contributed by atoms with Gasteiger partial charge in [-0.2, -0.15) is 0 Å². The second-order valence-electron chi connectivity index (χ2n) is 4.53. The first kappa shape index (κ1) is 15.5. The molecule has 0 bridgehead atoms. The number of imide groups is 1. The number of nitrogens with one attached hydrogen (secondary N) is 1. The van der Waals surface area contributed by atoms with Crippen molar-refractivity contribution in [1.29, 1.82) is 0 Å². The Kier molecular flexibility index (Phi) is 5.16. The average Bonchev–Trinajstić information content (AvgIpc) is 2.64. The predicted molar refractivity (Wildman–Crippen MR) is 75.9 cm³/mol. The molecule has 0 aromatic heterocycles. The minimum absolute atomic E-state index is 0.263. The van der Waals surface area contributed by atoms with Crippen molar-refractivity contribution in [2.24, 2.45) is 0 Å². The molecule has 2 aliphatic rings. The summed E-state index contributed by atoms with van der Waals surface area (Å²) in [6.07, 6.45) is 5.83. The molecular weight excluding hydrogens is 446 g/mol. The molecule has 0 unspecified atom stereocenters. The van der Waals surface area contributed by atoms with Gasteiger partial charge in [-0.25, -0.2) is 0 Å². The zero-order valence-electron chi connectivity index (χ0n) is 11.2. The Morgan fingerprint density at radius 2 is 2.10 bits per heavy atom. The molecule has 6 heteroatoms. The van der Waals surface area contributed by atoms with Gasteiger partial charge in [0.05, 0.1) is 0 Å². The Bertz CT molecular complexity index is 563. The van der Waals surface area contributed by atoms with Crippen molar-refractivity contribution in [1.82, 2.24) is 5.32 Å². The van der Waals surface area contributed by atoms with Gasteiger partial charge in [0.15, 0.2) is 0 Å². The number of allylic oxidation sites excluding steroid dienone is 3. The molecule has 20 heavy (non-hydrogen) atoms. The average molecular weight is 461 g/mol. The van der Waals surface area contributed by atoms with Crippen LogP contribution in [0.25, 0.3) is 0 Å². The normalized spacial score (nSPS) is 25.6. The SMILES string of the molecule is C=C(/C=C1/CCCC/C(=C2/SC(=O)NC2=O)[C]1=[W])OC. The van der Waals surface area contributed by atoms with Gasteiger partial charge in [-0.15, -0.1) is 0 Å². The van der Waals surface area contributed by atoms with Crippen LogP contribution in [0, 0.1) is 0 Å². The van der Waals surface area contributed by atoms with Gasteiger partial charge in [0.1, 0.15) is 0 Å². The summed E-state index contributed by atoms with van der Waals surface area (Å²) in [5.41, 5.74) is 2.18. The van der Waals surface area contributed by atoms with Crippen LogP contribution in [0.4, 0.5) is 4.79 Å². The second-order valence-corrected chi connectivity index (χ2v) is 6.98. The number of ether oxygens (including phenoxy) is 1. The van der Waals surface area contributed by atoms with Crippen molar-refractivity contribution in [2.75, 3.05) is 7.11 Å². The van der Waals surface area contributed by atoms with Gasteiger partial charge in [0.2, 0.25) is 0 Å². The molecular formula is C14H15NO3SW. The van der Waals surface area contributed by atoms with Crippen molar-refractivity contribution in [3.63, 3.8) is 0 Å². The van der Waals surface area contributed by atoms with E-state index >= 15 is 0 Å². The van der Waals surface area contributed by atoms with Crippen molar-refractivity contribution in [3.05, 3.63) is 34.5 Å². The van der Waals surface area contributed by atoms with Crippen molar-refractivity contribution >= 4 is 26.8 Å². The number of carbonyl (C=O) groups excluding carboxylic acids is 2. The fraction of sp³-hybridized carbons (Fsp3) is 0.357. The number of hydrogen-bond acceptors (Lipinski definition) is 4. The van der Waals surface area contributed by atoms with Gasteiger partial charge in [-0.05, 0) is 0 Å². The second kappa shape index (κ2) is 6.68. The van der Waals surface area contributed by atoms with Crippen LogP contribution >= 0.6 is 11.8 Å². The quantitative estimate of drug-likeness (QED) is 0.391. The van der Waals surface area contributed by atoms with E-state index in [4.69, 9.17) is 4.74 Å². The molecule has 1 saturated heterocycles. The van der Waals surface area contributed by atoms with Crippen LogP contribution in [0.2, 0.25) is 0 Å². The third-order valence-electron chi connectivity index (χ3n) is 3.18. The summed E-state index contributed by atoms with van der Waals surface area (Å²) in [7, 11) is 1.59. The Hall–Kier alpha value is -0.932. The van der Waals surface area contributed by atoms with Crippen molar-refractivity contribution in [2.45, 2.75) is 25.7 Å². The summed E-state index contributed by atoms with van der Waals surface area (Å²) >= 11 is 2.31. The number of thioether (sulfide) groups is 1. The van der Waals surface area contributed by atoms with E-state index in [1.54, 1.807) is 7.11 Å². The van der Waals surface area contributed by atoms with Gasteiger partial charge >= 0.3 is 133 Å². The third kappa shape index (κ3) is 3.39. The summed E-state index contributed by atoms with van der Waals surface area (Å²) in [5, 5.41) is 2.05. The maximum absolute atomic E-state index is 11.9. The summed E-state index contributed by atoms with van der Waals surface area (Å²) < 4.78 is 6.26. The monoisotopic (exact) mass is 461 g/mol. The molecule has 0 aromatic rings. The van der Waals surface area contributed by atoms with Crippen LogP contribution in [-0.4, -0.2) is 22.2 Å². The molecule has 0 radical (unpaired) electrons. The molecule has 1 heterocycles. The fourth-order valence-electron chi connectivity index (χ4n) is 2.16. The van der Waals surface area contributed by atoms with Gasteiger partial charge in [-0.3, -0.25) is 0 Å². The topological polar surface area (TPSA) is 55.4 Å². The van der Waals surface area contributed by atoms with E-state index in [0.717, 1.165) is 46.9 Å². The van der Waals surface area contributed by atoms with Gasteiger partial charge in [-0.1, -0.05) is 0 Å². The molecule has 1 saturated carbocycles. The molecule has 0 atom stereocenters. The molecule has 2 amide bonds. The molecule has 2 rings (SSSR count). The molecule has 1 aliphatic heterocycles. The number of amides is 2. The first-order valence-corrected chi connectivity index (χ1v) is 8.55. The Morgan fingerprint density at radius 3 is 2.70 bits per heavy atom. The minimum atomic E-state index is -0.281. The van der Waals surface area contributed by atoms with Gasteiger partial charge in [0, 0.05) is 0 Å². The van der Waals surface area contributed by atoms with Gasteiger partial charge < -0.3 is 0 Å². The van der Waals surface area contributed by atoms with Crippen LogP contribution in [0.15, 0.2) is 34.5 Å². The van der Waals surface area contributed by atoms with E-state index in [2.05, 4.69) is 11.9 Å². The van der Waals surface area contributed by atoms with E-state index in [0.29, 0.717) is 10.7 Å². The van der Waals surface area contributed by atoms with Crippen LogP contribution in [0.3, 0.4) is 0 Å². The number of rotatable bonds is 2. The Morgan fingerprint density at radius 1 is 1.40 bits per heavy atom. The first-order valence-electron chi connectivity index (χ1n) is 6.27. The fourth-order valence-corrected chi connectivity index (χ4v) is 4.53. The molecule has 0 spiro atoms. The van der Waals surface area contributed by atoms with Gasteiger partial charge in [0.25, 0.3) is 0 Å². The van der Waals surface area contributed by atoms with Crippen LogP contribution in [0.1, 0.15) is 25.7 Å². The summed E-state index contributed by atoms with van der Waals surface area (Å²) in [5.74, 6) is 0.352. The maximum atomic E-state index is 11.9. The van der Waals surface area contributed by atoms with E-state index in [9.17, 15) is 9.59 Å². The molecule has 4 nitrogen and oxygen atoms in total. The Balaban J connectivity index is 2.39. The zero-order chi connectivity index (χ0) is 14.7. The summed E-state index contributed by atoms with van der Waals surface area (Å²) in [6, 6.07) is 0. The Labute approximate surface area is 133 Å². The van der Waals surface area contributed by atoms with Crippen molar-refractivity contribution in [3.8, 4) is 0 Å². The van der Waals surface area contributed by atoms with Crippen LogP contribution in [-0.2, 0) is 28.9 Å². The predicted octanol–water partition coefficient (Wildman–Crippen LogP) is 2.60. The number of methoxy groups -OCH3 is 1. The van der Waals surface area contributed by atoms with Crippen molar-refractivity contribution < 1.29 is 33.7 Å². The molecule has 1 N–H and O–H groups in total. The number of carbonyl (C=O) groups is 2. The zero-order valence-corrected chi connectivity index (χ0v) is 14.9. The number of hydrogen-bond donors (Lipinski definition) is 1. The molecule has 0 aromatic carbocycles. The summed E-state index contributed by atoms with van der Waals surface area (Å²) in [4.78, 5) is 23.8. The van der Waals surface area contributed by atoms with Crippen LogP contribution < -0.4 is 5.32 Å². The molecule has 106 valence electrons. The molecule has 2 fully saturated rings. The standard InChI is InChI=1S/C14H15NO3S.W/c1-9(18-2)7-10-5-3-4-6-11(8-10)12-13(16)15-14(17)19-12;/h7H,1,3-6H2,2H3,(H,15,16,17);/b10-7-,12-11-;. The van der Waals surface area contributed by atoms with E-state index in [1.165, 1.54) is 24.9 Å². The summed E-state index contributed by atoms with van der Waals surface area (Å²) in [6.45, 7) is 3.82. The first-order chi connectivity index (χ1) is 9.52. The van der Waals surface area contributed by atoms with E-state index in [-0.39, 0.29) is 11.1 Å².